The van der Waals surface area contributed by atoms with Crippen LogP contribution in [0.25, 0.3) is 0 Å². The van der Waals surface area contributed by atoms with Crippen molar-refractivity contribution in [1.82, 2.24) is 4.90 Å². The highest BCUT2D eigenvalue weighted by Crippen LogP contribution is 1.89. The fraction of sp³-hybridized carbons (Fsp3) is 0.600. The minimum Gasteiger partial charge on any atom is -0.403 e. The Bertz CT molecular complexity index is 74.1. The van der Waals surface area contributed by atoms with E-state index in [0.717, 1.165) is 5.70 Å². The fourth-order valence-corrected chi connectivity index (χ4v) is 0.149. The molecule has 42 valence electrons. The summed E-state index contributed by atoms with van der Waals surface area (Å²) in [5.41, 5.74) is 6.25. The molecule has 0 saturated carbocycles. The summed E-state index contributed by atoms with van der Waals surface area (Å²) in [5.74, 6) is 0. The summed E-state index contributed by atoms with van der Waals surface area (Å²) in [6, 6.07) is 0. The van der Waals surface area contributed by atoms with Crippen molar-refractivity contribution in [3.63, 3.8) is 0 Å². The number of hydrogen-bond donors (Lipinski definition) is 1. The Morgan fingerprint density at radius 1 is 1.57 bits per heavy atom. The molecule has 2 heteroatoms. The maximum atomic E-state index is 5.17. The number of rotatable bonds is 1. The molecule has 2 N–H and O–H groups in total. The average molecular weight is 100 g/mol. The zero-order chi connectivity index (χ0) is 5.86. The van der Waals surface area contributed by atoms with Gasteiger partial charge >= 0.3 is 0 Å². The molecule has 0 bridgehead atoms. The molecular weight excluding hydrogens is 88.1 g/mol. The van der Waals surface area contributed by atoms with E-state index in [9.17, 15) is 0 Å². The zero-order valence-corrected chi connectivity index (χ0v) is 5.10. The maximum absolute atomic E-state index is 5.17. The molecule has 0 fully saturated rings. The minimum atomic E-state index is 1.08. The zero-order valence-electron chi connectivity index (χ0n) is 5.10. The third-order valence-electron chi connectivity index (χ3n) is 0.947. The average Bonchev–Trinajstić information content (AvgIpc) is 1.65. The van der Waals surface area contributed by atoms with Crippen molar-refractivity contribution in [2.45, 2.75) is 6.92 Å². The molecule has 0 aliphatic rings. The summed E-state index contributed by atoms with van der Waals surface area (Å²) < 4.78 is 0. The standard InChI is InChI=1S/C5H12N2/c1-5(4-6)7(2)3/h4H,6H2,1-3H3/b5-4+. The second-order valence-electron chi connectivity index (χ2n) is 1.70. The van der Waals surface area contributed by atoms with E-state index in [1.807, 2.05) is 25.9 Å². The lowest BCUT2D eigenvalue weighted by molar-refractivity contribution is 0.512. The van der Waals surface area contributed by atoms with E-state index in [0.29, 0.717) is 0 Å². The number of nitrogens with zero attached hydrogens (tertiary/aromatic N) is 1. The van der Waals surface area contributed by atoms with E-state index in [2.05, 4.69) is 0 Å². The summed E-state index contributed by atoms with van der Waals surface area (Å²) in [5, 5.41) is 0. The first-order chi connectivity index (χ1) is 3.18. The van der Waals surface area contributed by atoms with Crippen LogP contribution in [0, 0.1) is 0 Å². The van der Waals surface area contributed by atoms with Crippen molar-refractivity contribution in [3.8, 4) is 0 Å². The van der Waals surface area contributed by atoms with Crippen LogP contribution in [0.1, 0.15) is 6.92 Å². The molecule has 0 saturated heterocycles. The Balaban J connectivity index is 3.56. The van der Waals surface area contributed by atoms with Crippen molar-refractivity contribution in [3.05, 3.63) is 11.9 Å². The molecule has 0 radical (unpaired) electrons. The molecule has 2 nitrogen and oxygen atoms in total. The first-order valence-electron chi connectivity index (χ1n) is 2.24. The Kier molecular flexibility index (Phi) is 2.27. The molecule has 0 aliphatic heterocycles. The molecule has 0 atom stereocenters. The van der Waals surface area contributed by atoms with Crippen LogP contribution in [0.15, 0.2) is 11.9 Å². The first-order valence-corrected chi connectivity index (χ1v) is 2.24. The summed E-state index contributed by atoms with van der Waals surface area (Å²) in [6.45, 7) is 1.96. The molecule has 0 spiro atoms. The minimum absolute atomic E-state index is 1.08. The van der Waals surface area contributed by atoms with Gasteiger partial charge in [-0.1, -0.05) is 0 Å². The predicted octanol–water partition coefficient (Wildman–Crippen LogP) is 0.368. The van der Waals surface area contributed by atoms with E-state index >= 15 is 0 Å². The van der Waals surface area contributed by atoms with Crippen LogP contribution < -0.4 is 5.73 Å². The third kappa shape index (κ3) is 2.09. The van der Waals surface area contributed by atoms with Crippen molar-refractivity contribution in [2.24, 2.45) is 5.73 Å². The molecule has 0 aromatic heterocycles. The van der Waals surface area contributed by atoms with Crippen LogP contribution in [0.5, 0.6) is 0 Å². The van der Waals surface area contributed by atoms with E-state index < -0.39 is 0 Å². The van der Waals surface area contributed by atoms with Gasteiger partial charge in [-0.05, 0) is 6.92 Å². The van der Waals surface area contributed by atoms with Gasteiger partial charge in [0.25, 0.3) is 0 Å². The summed E-state index contributed by atoms with van der Waals surface area (Å²) in [6.07, 6.45) is 1.58. The molecular formula is C5H12N2. The van der Waals surface area contributed by atoms with Crippen LogP contribution in [0.2, 0.25) is 0 Å². The van der Waals surface area contributed by atoms with Gasteiger partial charge in [-0.25, -0.2) is 0 Å². The van der Waals surface area contributed by atoms with Gasteiger partial charge in [0.1, 0.15) is 0 Å². The van der Waals surface area contributed by atoms with E-state index in [1.54, 1.807) is 6.20 Å². The monoisotopic (exact) mass is 100 g/mol. The molecule has 0 unspecified atom stereocenters. The summed E-state index contributed by atoms with van der Waals surface area (Å²) in [4.78, 5) is 1.96. The molecule has 7 heavy (non-hydrogen) atoms. The van der Waals surface area contributed by atoms with Gasteiger partial charge < -0.3 is 10.6 Å². The van der Waals surface area contributed by atoms with Crippen molar-refractivity contribution < 1.29 is 0 Å². The van der Waals surface area contributed by atoms with Gasteiger partial charge in [0, 0.05) is 26.0 Å². The van der Waals surface area contributed by atoms with Crippen LogP contribution in [-0.2, 0) is 0 Å². The van der Waals surface area contributed by atoms with Gasteiger partial charge in [-0.2, -0.15) is 0 Å². The SMILES string of the molecule is C/C(=C\N)N(C)C. The quantitative estimate of drug-likeness (QED) is 0.515. The normalized spacial score (nSPS) is 11.6. The molecule has 0 amide bonds. The summed E-state index contributed by atoms with van der Waals surface area (Å²) in [7, 11) is 3.91. The molecule has 0 aromatic carbocycles. The second-order valence-corrected chi connectivity index (χ2v) is 1.70. The third-order valence-corrected chi connectivity index (χ3v) is 0.947. The molecule has 0 aromatic rings. The Morgan fingerprint density at radius 2 is 2.00 bits per heavy atom. The number of allylic oxidation sites excluding steroid dienone is 1. The molecule has 0 heterocycles. The fourth-order valence-electron chi connectivity index (χ4n) is 0.149. The summed E-state index contributed by atoms with van der Waals surface area (Å²) >= 11 is 0. The molecule has 0 aliphatic carbocycles. The number of nitrogens with two attached hydrogens (primary N) is 1. The Morgan fingerprint density at radius 3 is 2.00 bits per heavy atom. The highest BCUT2D eigenvalue weighted by Gasteiger charge is 1.83. The van der Waals surface area contributed by atoms with Crippen LogP contribution in [0.3, 0.4) is 0 Å². The van der Waals surface area contributed by atoms with E-state index in [-0.39, 0.29) is 0 Å². The van der Waals surface area contributed by atoms with Crippen LogP contribution in [-0.4, -0.2) is 19.0 Å². The lowest BCUT2D eigenvalue weighted by Crippen LogP contribution is -2.09. The van der Waals surface area contributed by atoms with Crippen molar-refractivity contribution in [2.75, 3.05) is 14.1 Å². The highest BCUT2D eigenvalue weighted by molar-refractivity contribution is 4.90. The molecule has 0 rings (SSSR count). The van der Waals surface area contributed by atoms with Gasteiger partial charge in [-0.15, -0.1) is 0 Å². The van der Waals surface area contributed by atoms with Crippen molar-refractivity contribution >= 4 is 0 Å². The first kappa shape index (κ1) is 6.34. The second kappa shape index (κ2) is 2.50. The number of hydrogen-bond acceptors (Lipinski definition) is 2. The lowest BCUT2D eigenvalue weighted by atomic mass is 10.5. The van der Waals surface area contributed by atoms with Gasteiger partial charge in [0.05, 0.1) is 0 Å². The van der Waals surface area contributed by atoms with Crippen LogP contribution >= 0.6 is 0 Å². The maximum Gasteiger partial charge on any atom is 0.0253 e. The van der Waals surface area contributed by atoms with Crippen molar-refractivity contribution in [1.29, 1.82) is 0 Å². The highest BCUT2D eigenvalue weighted by atomic mass is 15.1. The lowest BCUT2D eigenvalue weighted by Gasteiger charge is -2.09. The van der Waals surface area contributed by atoms with Gasteiger partial charge in [-0.3, -0.25) is 0 Å². The van der Waals surface area contributed by atoms with Gasteiger partial charge in [0.2, 0.25) is 0 Å². The smallest absolute Gasteiger partial charge is 0.0253 e. The van der Waals surface area contributed by atoms with Gasteiger partial charge in [0.15, 0.2) is 0 Å². The predicted molar refractivity (Wildman–Crippen MR) is 31.6 cm³/mol. The van der Waals surface area contributed by atoms with Crippen LogP contribution in [0.4, 0.5) is 0 Å². The topological polar surface area (TPSA) is 29.3 Å². The largest absolute Gasteiger partial charge is 0.403 e. The van der Waals surface area contributed by atoms with E-state index in [1.165, 1.54) is 0 Å². The Labute approximate surface area is 44.6 Å². The Hall–Kier alpha value is -0.660. The van der Waals surface area contributed by atoms with E-state index in [4.69, 9.17) is 5.73 Å².